The number of methoxy groups -OCH3 is 1. The predicted octanol–water partition coefficient (Wildman–Crippen LogP) is 5.09. The topological polar surface area (TPSA) is 57.2 Å². The van der Waals surface area contributed by atoms with E-state index in [4.69, 9.17) is 27.9 Å². The van der Waals surface area contributed by atoms with E-state index in [0.29, 0.717) is 15.6 Å². The van der Waals surface area contributed by atoms with Crippen molar-refractivity contribution in [3.63, 3.8) is 0 Å². The van der Waals surface area contributed by atoms with Gasteiger partial charge in [0.15, 0.2) is 0 Å². The minimum absolute atomic E-state index is 0.270. The number of para-hydroxylation sites is 2. The molecule has 1 N–H and O–H groups in total. The number of piperazine rings is 1. The molecule has 1 aliphatic heterocycles. The van der Waals surface area contributed by atoms with Gasteiger partial charge in [-0.25, -0.2) is 5.43 Å². The zero-order valence-corrected chi connectivity index (χ0v) is 20.4. The summed E-state index contributed by atoms with van der Waals surface area (Å²) in [6, 6.07) is 20.9. The van der Waals surface area contributed by atoms with Crippen molar-refractivity contribution in [3.05, 3.63) is 93.5 Å². The number of rotatable bonds is 7. The first-order valence-electron chi connectivity index (χ1n) is 11.0. The Hall–Kier alpha value is -3.06. The molecular formula is C26H26Cl2N4O2. The van der Waals surface area contributed by atoms with Gasteiger partial charge in [-0.05, 0) is 47.5 Å². The number of ether oxygens (including phenoxy) is 1. The maximum atomic E-state index is 12.4. The SMILES string of the molecule is COc1ccccc1N1CCN(Cc2ccc(C(=O)N/N=C\c3ccc(Cl)c(Cl)c3)cc2)CC1. The highest BCUT2D eigenvalue weighted by molar-refractivity contribution is 6.42. The fourth-order valence-electron chi connectivity index (χ4n) is 3.88. The van der Waals surface area contributed by atoms with Crippen LogP contribution in [0, 0.1) is 0 Å². The molecule has 0 unspecified atom stereocenters. The van der Waals surface area contributed by atoms with Crippen LogP contribution in [0.5, 0.6) is 5.75 Å². The van der Waals surface area contributed by atoms with Crippen LogP contribution < -0.4 is 15.1 Å². The summed E-state index contributed by atoms with van der Waals surface area (Å²) in [5, 5.41) is 4.91. The lowest BCUT2D eigenvalue weighted by atomic mass is 10.1. The van der Waals surface area contributed by atoms with E-state index < -0.39 is 0 Å². The van der Waals surface area contributed by atoms with Gasteiger partial charge in [-0.15, -0.1) is 0 Å². The Morgan fingerprint density at radius 1 is 1.00 bits per heavy atom. The van der Waals surface area contributed by atoms with E-state index in [-0.39, 0.29) is 5.91 Å². The predicted molar refractivity (Wildman–Crippen MR) is 138 cm³/mol. The quantitative estimate of drug-likeness (QED) is 0.365. The van der Waals surface area contributed by atoms with Crippen LogP contribution >= 0.6 is 23.2 Å². The van der Waals surface area contributed by atoms with Crippen LogP contribution in [-0.4, -0.2) is 50.3 Å². The second-order valence-electron chi connectivity index (χ2n) is 8.00. The lowest BCUT2D eigenvalue weighted by molar-refractivity contribution is 0.0955. The number of carbonyl (C=O) groups excluding carboxylic acids is 1. The Kier molecular flexibility index (Phi) is 8.06. The summed E-state index contributed by atoms with van der Waals surface area (Å²) < 4.78 is 5.50. The number of hydrogen-bond acceptors (Lipinski definition) is 5. The zero-order chi connectivity index (χ0) is 23.9. The summed E-state index contributed by atoms with van der Waals surface area (Å²) in [6.45, 7) is 4.65. The number of anilines is 1. The lowest BCUT2D eigenvalue weighted by Gasteiger charge is -2.36. The second-order valence-corrected chi connectivity index (χ2v) is 8.82. The summed E-state index contributed by atoms with van der Waals surface area (Å²) in [7, 11) is 1.71. The van der Waals surface area contributed by atoms with Gasteiger partial charge in [-0.1, -0.05) is 53.5 Å². The molecule has 3 aromatic rings. The van der Waals surface area contributed by atoms with Gasteiger partial charge in [-0.2, -0.15) is 5.10 Å². The van der Waals surface area contributed by atoms with Crippen LogP contribution in [0.2, 0.25) is 10.0 Å². The summed E-state index contributed by atoms with van der Waals surface area (Å²) in [5.41, 5.74) is 6.15. The number of hydrazone groups is 1. The number of carbonyl (C=O) groups is 1. The average molecular weight is 497 g/mol. The molecule has 1 aliphatic rings. The molecule has 1 saturated heterocycles. The Balaban J connectivity index is 1.27. The third-order valence-corrected chi connectivity index (χ3v) is 6.48. The third-order valence-electron chi connectivity index (χ3n) is 5.74. The summed E-state index contributed by atoms with van der Waals surface area (Å²) in [5.74, 6) is 0.638. The lowest BCUT2D eigenvalue weighted by Crippen LogP contribution is -2.46. The fourth-order valence-corrected chi connectivity index (χ4v) is 4.19. The Labute approximate surface area is 209 Å². The van der Waals surface area contributed by atoms with Gasteiger partial charge in [0.1, 0.15) is 5.75 Å². The highest BCUT2D eigenvalue weighted by atomic mass is 35.5. The number of halogens is 2. The molecule has 6 nitrogen and oxygen atoms in total. The standard InChI is InChI=1S/C26H26Cl2N4O2/c1-34-25-5-3-2-4-24(25)32-14-12-31(13-15-32)18-19-6-9-21(10-7-19)26(33)30-29-17-20-8-11-22(27)23(28)16-20/h2-11,16-17H,12-15,18H2,1H3,(H,30,33)/b29-17-. The minimum atomic E-state index is -0.270. The van der Waals surface area contributed by atoms with Gasteiger partial charge in [0, 0.05) is 38.3 Å². The highest BCUT2D eigenvalue weighted by Crippen LogP contribution is 2.28. The van der Waals surface area contributed by atoms with Crippen molar-refractivity contribution in [2.24, 2.45) is 5.10 Å². The number of amides is 1. The minimum Gasteiger partial charge on any atom is -0.495 e. The maximum absolute atomic E-state index is 12.4. The largest absolute Gasteiger partial charge is 0.495 e. The van der Waals surface area contributed by atoms with E-state index in [2.05, 4.69) is 26.4 Å². The molecule has 1 fully saturated rings. The molecule has 0 bridgehead atoms. The molecule has 34 heavy (non-hydrogen) atoms. The molecule has 4 rings (SSSR count). The first-order chi connectivity index (χ1) is 16.5. The molecule has 8 heteroatoms. The van der Waals surface area contributed by atoms with Crippen molar-refractivity contribution in [2.75, 3.05) is 38.2 Å². The molecule has 0 saturated carbocycles. The average Bonchev–Trinajstić information content (AvgIpc) is 2.87. The van der Waals surface area contributed by atoms with Crippen LogP contribution in [0.4, 0.5) is 5.69 Å². The van der Waals surface area contributed by atoms with Crippen molar-refractivity contribution in [1.29, 1.82) is 0 Å². The second kappa shape index (κ2) is 11.4. The van der Waals surface area contributed by atoms with Gasteiger partial charge in [0.2, 0.25) is 0 Å². The fraction of sp³-hybridized carbons (Fsp3) is 0.231. The van der Waals surface area contributed by atoms with Crippen molar-refractivity contribution in [1.82, 2.24) is 10.3 Å². The Morgan fingerprint density at radius 3 is 2.44 bits per heavy atom. The highest BCUT2D eigenvalue weighted by Gasteiger charge is 2.19. The molecule has 0 spiro atoms. The monoisotopic (exact) mass is 496 g/mol. The van der Waals surface area contributed by atoms with Crippen molar-refractivity contribution in [3.8, 4) is 5.75 Å². The van der Waals surface area contributed by atoms with Crippen LogP contribution in [0.3, 0.4) is 0 Å². The van der Waals surface area contributed by atoms with Crippen molar-refractivity contribution >= 4 is 41.0 Å². The third kappa shape index (κ3) is 6.08. The van der Waals surface area contributed by atoms with Crippen LogP contribution in [0.15, 0.2) is 71.8 Å². The van der Waals surface area contributed by atoms with Crippen LogP contribution in [-0.2, 0) is 6.54 Å². The van der Waals surface area contributed by atoms with E-state index in [1.807, 2.05) is 42.5 Å². The molecule has 1 amide bonds. The van der Waals surface area contributed by atoms with Crippen LogP contribution in [0.25, 0.3) is 0 Å². The summed E-state index contributed by atoms with van der Waals surface area (Å²) in [6.07, 6.45) is 1.53. The Bertz CT molecular complexity index is 1160. The first-order valence-corrected chi connectivity index (χ1v) is 11.8. The molecule has 0 aromatic heterocycles. The van der Waals surface area contributed by atoms with E-state index in [1.165, 1.54) is 11.8 Å². The maximum Gasteiger partial charge on any atom is 0.271 e. The molecule has 0 atom stereocenters. The van der Waals surface area contributed by atoms with Gasteiger partial charge in [0.05, 0.1) is 29.1 Å². The van der Waals surface area contributed by atoms with Crippen molar-refractivity contribution in [2.45, 2.75) is 6.54 Å². The molecular weight excluding hydrogens is 471 g/mol. The van der Waals surface area contributed by atoms with E-state index in [0.717, 1.165) is 49.7 Å². The van der Waals surface area contributed by atoms with E-state index in [9.17, 15) is 4.79 Å². The van der Waals surface area contributed by atoms with E-state index >= 15 is 0 Å². The number of benzene rings is 3. The zero-order valence-electron chi connectivity index (χ0n) is 18.9. The van der Waals surface area contributed by atoms with Gasteiger partial charge >= 0.3 is 0 Å². The molecule has 1 heterocycles. The number of nitrogens with zero attached hydrogens (tertiary/aromatic N) is 3. The number of hydrogen-bond donors (Lipinski definition) is 1. The molecule has 0 radical (unpaired) electrons. The van der Waals surface area contributed by atoms with Crippen LogP contribution in [0.1, 0.15) is 21.5 Å². The molecule has 0 aliphatic carbocycles. The van der Waals surface area contributed by atoms with Crippen molar-refractivity contribution < 1.29 is 9.53 Å². The summed E-state index contributed by atoms with van der Waals surface area (Å²) in [4.78, 5) is 17.2. The van der Waals surface area contributed by atoms with Gasteiger partial charge in [-0.3, -0.25) is 9.69 Å². The van der Waals surface area contributed by atoms with Gasteiger partial charge in [0.25, 0.3) is 5.91 Å². The molecule has 176 valence electrons. The smallest absolute Gasteiger partial charge is 0.271 e. The van der Waals surface area contributed by atoms with E-state index in [1.54, 1.807) is 25.3 Å². The number of nitrogens with one attached hydrogen (secondary N) is 1. The van der Waals surface area contributed by atoms with Gasteiger partial charge < -0.3 is 9.64 Å². The normalized spacial score (nSPS) is 14.4. The first kappa shape index (κ1) is 24.1. The molecule has 3 aromatic carbocycles. The Morgan fingerprint density at radius 2 is 1.74 bits per heavy atom. The summed E-state index contributed by atoms with van der Waals surface area (Å²) >= 11 is 11.9.